The molecule has 0 aromatic heterocycles. The number of nitrogens with zero attached hydrogens (tertiary/aromatic N) is 4. The Hall–Kier alpha value is -11.5. The molecule has 1 spiro atoms. The highest BCUT2D eigenvalue weighted by molar-refractivity contribution is 6.04. The van der Waals surface area contributed by atoms with Gasteiger partial charge in [-0.2, -0.15) is 0 Å². The van der Waals surface area contributed by atoms with Crippen molar-refractivity contribution in [3.8, 4) is 11.1 Å². The van der Waals surface area contributed by atoms with Crippen molar-refractivity contribution in [2.75, 3.05) is 14.7 Å². The maximum atomic E-state index is 4.51. The molecule has 0 saturated carbocycles. The first-order valence-electron chi connectivity index (χ1n) is 32.1. The third kappa shape index (κ3) is 8.96. The minimum atomic E-state index is -0.891. The highest BCUT2D eigenvalue weighted by Gasteiger charge is 2.54. The molecule has 0 aliphatic heterocycles. The van der Waals surface area contributed by atoms with Gasteiger partial charge in [-0.3, -0.25) is 0 Å². The maximum absolute atomic E-state index is 4.51. The highest BCUT2D eigenvalue weighted by atomic mass is 15.2. The number of fused-ring (bicyclic) bond motifs is 13. The average Bonchev–Trinajstić information content (AvgIpc) is 1.50. The Balaban J connectivity index is 1.03. The first-order chi connectivity index (χ1) is 45.5. The van der Waals surface area contributed by atoms with E-state index in [4.69, 9.17) is 0 Å². The summed E-state index contributed by atoms with van der Waals surface area (Å²) in [5.74, 6) is 0.277. The quantitative estimate of drug-likeness (QED) is 0.0949. The second kappa shape index (κ2) is 23.2. The molecule has 4 heteroatoms. The van der Waals surface area contributed by atoms with Crippen LogP contribution in [0.3, 0.4) is 0 Å². The predicted octanol–water partition coefficient (Wildman–Crippen LogP) is 23.6. The van der Waals surface area contributed by atoms with Crippen LogP contribution in [0.15, 0.2) is 369 Å². The van der Waals surface area contributed by atoms with Crippen LogP contribution in [0.1, 0.15) is 48.4 Å². The standard InChI is InChI=1S/C88H68N4/c1-5-27-65(8-4)90(85-45-24-33-61-29-16-20-41-73(61)85)69-49-53-77-76-52-48-68(89(64(6-2)7-3)84-44-23-32-60-28-15-19-40-72(60)84)56-80(76)88(81(77)57-69)82-58-70(91(66-36-11-9-12-37-66)86-46-25-34-62-30-17-21-42-74(62)86)50-54-78(82)79-55-51-71(59-83(79)88)92(67-38-13-10-14-39-67)87-47-26-35-63-31-18-22-43-75(63)87/h5-31,33-47,49-51,53-60H,1-2,4,32,48,52H2,3H3/b64-7+,65-27+. The molecule has 1 atom stereocenters. The fraction of sp³-hybridized carbons (Fsp3) is 0.0682. The van der Waals surface area contributed by atoms with E-state index >= 15 is 0 Å². The third-order valence-electron chi connectivity index (χ3n) is 19.5. The molecular formula is C88H68N4. The molecule has 0 radical (unpaired) electrons. The van der Waals surface area contributed by atoms with E-state index in [-0.39, 0.29) is 5.92 Å². The summed E-state index contributed by atoms with van der Waals surface area (Å²) in [4.78, 5) is 9.86. The SMILES string of the molecule is C=C/C=C(\C=C)N(c1ccc2c(c1)C1(C3=C2CCC(N(C2=C4C=CC=CC4CC=C2)/C(C=C)=C/C)=C3)c2cc(N(c3ccccc3)c3cccc4ccccc34)ccc2-c2ccc(N(c3ccccc3)c3cccc4ccccc34)cc21)c1cccc2ccccc12. The Labute approximate surface area is 540 Å². The van der Waals surface area contributed by atoms with Crippen molar-refractivity contribution in [2.24, 2.45) is 5.92 Å². The van der Waals surface area contributed by atoms with Crippen molar-refractivity contribution in [3.05, 3.63) is 391 Å². The molecule has 5 aliphatic rings. The minimum Gasteiger partial charge on any atom is -0.314 e. The van der Waals surface area contributed by atoms with Gasteiger partial charge in [0.05, 0.1) is 22.5 Å². The summed E-state index contributed by atoms with van der Waals surface area (Å²) < 4.78 is 0. The zero-order chi connectivity index (χ0) is 61.9. The van der Waals surface area contributed by atoms with E-state index in [1.807, 2.05) is 18.2 Å². The lowest BCUT2D eigenvalue weighted by atomic mass is 9.68. The summed E-state index contributed by atoms with van der Waals surface area (Å²) >= 11 is 0. The molecule has 92 heavy (non-hydrogen) atoms. The molecule has 0 bridgehead atoms. The van der Waals surface area contributed by atoms with E-state index in [2.05, 4.69) is 344 Å². The lowest BCUT2D eigenvalue weighted by Crippen LogP contribution is -2.30. The Morgan fingerprint density at radius 1 is 0.457 bits per heavy atom. The van der Waals surface area contributed by atoms with E-state index in [9.17, 15) is 0 Å². The van der Waals surface area contributed by atoms with Crippen molar-refractivity contribution >= 4 is 83.4 Å². The number of hydrogen-bond acceptors (Lipinski definition) is 4. The van der Waals surface area contributed by atoms with Crippen LogP contribution in [0.2, 0.25) is 0 Å². The van der Waals surface area contributed by atoms with Crippen molar-refractivity contribution in [3.63, 3.8) is 0 Å². The van der Waals surface area contributed by atoms with Gasteiger partial charge in [0.25, 0.3) is 0 Å². The summed E-state index contributed by atoms with van der Waals surface area (Å²) in [6.07, 6.45) is 29.2. The smallest absolute Gasteiger partial charge is 0.0725 e. The van der Waals surface area contributed by atoms with Crippen LogP contribution in [-0.2, 0) is 5.41 Å². The first-order valence-corrected chi connectivity index (χ1v) is 32.1. The number of para-hydroxylation sites is 2. The molecule has 0 N–H and O–H groups in total. The summed E-state index contributed by atoms with van der Waals surface area (Å²) in [7, 11) is 0. The van der Waals surface area contributed by atoms with Gasteiger partial charge in [-0.15, -0.1) is 0 Å². The van der Waals surface area contributed by atoms with Crippen LogP contribution in [0.25, 0.3) is 49.0 Å². The van der Waals surface area contributed by atoms with Gasteiger partial charge in [0.15, 0.2) is 0 Å². The topological polar surface area (TPSA) is 13.0 Å². The van der Waals surface area contributed by atoms with Gasteiger partial charge in [0.2, 0.25) is 0 Å². The fourth-order valence-electron chi connectivity index (χ4n) is 15.5. The van der Waals surface area contributed by atoms with Crippen molar-refractivity contribution in [1.82, 2.24) is 4.90 Å². The van der Waals surface area contributed by atoms with E-state index in [0.29, 0.717) is 0 Å². The molecule has 11 aromatic rings. The number of anilines is 8. The van der Waals surface area contributed by atoms with Crippen LogP contribution in [0.5, 0.6) is 0 Å². The molecule has 0 heterocycles. The van der Waals surface area contributed by atoms with Crippen molar-refractivity contribution in [1.29, 1.82) is 0 Å². The van der Waals surface area contributed by atoms with Crippen molar-refractivity contribution < 1.29 is 0 Å². The molecule has 5 aliphatic carbocycles. The summed E-state index contributed by atoms with van der Waals surface area (Å²) in [6, 6.07) is 90.0. The fourth-order valence-corrected chi connectivity index (χ4v) is 15.5. The first kappa shape index (κ1) is 55.8. The van der Waals surface area contributed by atoms with Gasteiger partial charge in [-0.05, 0) is 202 Å². The second-order valence-corrected chi connectivity index (χ2v) is 24.3. The maximum Gasteiger partial charge on any atom is 0.0725 e. The van der Waals surface area contributed by atoms with Crippen LogP contribution < -0.4 is 14.7 Å². The number of hydrogen-bond donors (Lipinski definition) is 0. The molecule has 1 unspecified atom stereocenters. The van der Waals surface area contributed by atoms with Crippen LogP contribution in [0, 0.1) is 5.92 Å². The van der Waals surface area contributed by atoms with Gasteiger partial charge in [-0.1, -0.05) is 226 Å². The summed E-state index contributed by atoms with van der Waals surface area (Å²) in [5.41, 5.74) is 23.4. The molecule has 16 rings (SSSR count). The Morgan fingerprint density at radius 3 is 1.52 bits per heavy atom. The Bertz CT molecular complexity index is 4930. The molecule has 0 fully saturated rings. The van der Waals surface area contributed by atoms with Gasteiger partial charge in [0.1, 0.15) is 0 Å². The molecular weight excluding hydrogens is 1110 g/mol. The second-order valence-electron chi connectivity index (χ2n) is 24.3. The van der Waals surface area contributed by atoms with E-state index in [0.717, 1.165) is 86.9 Å². The average molecular weight is 1180 g/mol. The van der Waals surface area contributed by atoms with Gasteiger partial charge in [0, 0.05) is 73.3 Å². The van der Waals surface area contributed by atoms with Gasteiger partial charge in [-0.25, -0.2) is 0 Å². The lowest BCUT2D eigenvalue weighted by Gasteiger charge is -2.38. The molecule has 0 saturated heterocycles. The van der Waals surface area contributed by atoms with E-state index in [1.54, 1.807) is 0 Å². The zero-order valence-corrected chi connectivity index (χ0v) is 51.6. The lowest BCUT2D eigenvalue weighted by molar-refractivity contribution is 0.509. The molecule has 440 valence electrons. The number of benzene rings is 11. The van der Waals surface area contributed by atoms with E-state index < -0.39 is 5.41 Å². The van der Waals surface area contributed by atoms with Gasteiger partial charge < -0.3 is 19.6 Å². The third-order valence-corrected chi connectivity index (χ3v) is 19.5. The Kier molecular flexibility index (Phi) is 14.1. The van der Waals surface area contributed by atoms with Crippen molar-refractivity contribution in [2.45, 2.75) is 31.6 Å². The molecule has 4 nitrogen and oxygen atoms in total. The number of allylic oxidation sites excluding steroid dienone is 16. The largest absolute Gasteiger partial charge is 0.314 e. The minimum absolute atomic E-state index is 0.277. The predicted molar refractivity (Wildman–Crippen MR) is 390 cm³/mol. The van der Waals surface area contributed by atoms with Crippen LogP contribution in [0.4, 0.5) is 45.5 Å². The van der Waals surface area contributed by atoms with Gasteiger partial charge >= 0.3 is 0 Å². The number of rotatable bonds is 15. The summed E-state index contributed by atoms with van der Waals surface area (Å²) in [5, 5.41) is 7.02. The normalized spacial score (nSPS) is 15.8. The van der Waals surface area contributed by atoms with Crippen LogP contribution >= 0.6 is 0 Å². The Morgan fingerprint density at radius 2 is 0.957 bits per heavy atom. The van der Waals surface area contributed by atoms with Crippen LogP contribution in [-0.4, -0.2) is 4.90 Å². The molecule has 0 amide bonds. The summed E-state index contributed by atoms with van der Waals surface area (Å²) in [6.45, 7) is 15.4. The molecule has 11 aromatic carbocycles. The van der Waals surface area contributed by atoms with E-state index in [1.165, 1.54) is 83.0 Å². The monoisotopic (exact) mass is 1180 g/mol. The zero-order valence-electron chi connectivity index (χ0n) is 51.6. The highest BCUT2D eigenvalue weighted by Crippen LogP contribution is 2.66.